The lowest BCUT2D eigenvalue weighted by atomic mass is 9.97. The highest BCUT2D eigenvalue weighted by Gasteiger charge is 2.32. The number of nitrogens with zero attached hydrogens (tertiary/aromatic N) is 1. The molecule has 34 heavy (non-hydrogen) atoms. The third-order valence-corrected chi connectivity index (χ3v) is 7.84. The van der Waals surface area contributed by atoms with E-state index in [0.29, 0.717) is 17.7 Å². The van der Waals surface area contributed by atoms with E-state index in [1.165, 1.54) is 11.2 Å². The summed E-state index contributed by atoms with van der Waals surface area (Å²) in [6, 6.07) is 11.2. The van der Waals surface area contributed by atoms with E-state index >= 15 is 0 Å². The molecule has 0 bridgehead atoms. The topological polar surface area (TPSA) is 85.6 Å². The third kappa shape index (κ3) is 5.90. The van der Waals surface area contributed by atoms with Gasteiger partial charge in [0.05, 0.1) is 22.9 Å². The predicted octanol–water partition coefficient (Wildman–Crippen LogP) is 6.16. The quantitative estimate of drug-likeness (QED) is 0.389. The van der Waals surface area contributed by atoms with Crippen LogP contribution in [0.25, 0.3) is 10.9 Å². The summed E-state index contributed by atoms with van der Waals surface area (Å²) in [7, 11) is -3.45. The summed E-state index contributed by atoms with van der Waals surface area (Å²) in [5, 5.41) is 10.7. The summed E-state index contributed by atoms with van der Waals surface area (Å²) in [4.78, 5) is 12.7. The monoisotopic (exact) mass is 523 g/mol. The summed E-state index contributed by atoms with van der Waals surface area (Å²) in [6.07, 6.45) is 3.97. The van der Waals surface area contributed by atoms with Gasteiger partial charge in [-0.05, 0) is 69.3 Å². The van der Waals surface area contributed by atoms with Crippen molar-refractivity contribution in [1.29, 1.82) is 0 Å². The van der Waals surface area contributed by atoms with Crippen LogP contribution in [-0.4, -0.2) is 42.7 Å². The van der Waals surface area contributed by atoms with Gasteiger partial charge in [0, 0.05) is 45.8 Å². The van der Waals surface area contributed by atoms with Crippen LogP contribution in [-0.2, 0) is 21.2 Å². The molecule has 2 heterocycles. The summed E-state index contributed by atoms with van der Waals surface area (Å²) in [5.41, 5.74) is 2.60. The number of hydrogen-bond donors (Lipinski definition) is 1. The van der Waals surface area contributed by atoms with E-state index in [4.69, 9.17) is 21.4 Å². The van der Waals surface area contributed by atoms with Gasteiger partial charge in [0.2, 0.25) is 0 Å². The number of carbonyl (C=O) groups is 1. The fraction of sp³-hybridized carbons (Fsp3) is 0.400. The van der Waals surface area contributed by atoms with Crippen molar-refractivity contribution in [2.24, 2.45) is 0 Å². The minimum atomic E-state index is -3.45. The van der Waals surface area contributed by atoms with Gasteiger partial charge in [-0.25, -0.2) is 8.42 Å². The molecule has 0 fully saturated rings. The lowest BCUT2D eigenvalue weighted by Gasteiger charge is -2.13. The van der Waals surface area contributed by atoms with Crippen LogP contribution in [0, 0.1) is 6.92 Å². The van der Waals surface area contributed by atoms with Crippen LogP contribution in [0.1, 0.15) is 43.9 Å². The number of carboxylic acid groups (broad SMARTS) is 1. The number of fused-ring (bicyclic) bond motifs is 3. The maximum atomic E-state index is 12.4. The zero-order valence-corrected chi connectivity index (χ0v) is 22.4. The number of thioether (sulfide) groups is 1. The molecule has 0 aliphatic carbocycles. The molecule has 1 aromatic heterocycles. The average Bonchev–Trinajstić information content (AvgIpc) is 3.27. The highest BCUT2D eigenvalue weighted by atomic mass is 35.5. The minimum Gasteiger partial charge on any atom is -0.491 e. The van der Waals surface area contributed by atoms with E-state index in [0.717, 1.165) is 28.2 Å². The van der Waals surface area contributed by atoms with Crippen molar-refractivity contribution in [2.45, 2.75) is 62.0 Å². The van der Waals surface area contributed by atoms with Crippen LogP contribution in [0.3, 0.4) is 0 Å². The first-order chi connectivity index (χ1) is 15.9. The molecule has 0 saturated heterocycles. The number of aliphatic carboxylic acids is 1. The molecule has 1 unspecified atom stereocenters. The number of aryl methyl sites for hydroxylation is 2. The molecule has 0 amide bonds. The van der Waals surface area contributed by atoms with Gasteiger partial charge < -0.3 is 14.4 Å². The van der Waals surface area contributed by atoms with Crippen molar-refractivity contribution in [3.05, 3.63) is 52.7 Å². The van der Waals surface area contributed by atoms with Crippen LogP contribution in [0.2, 0.25) is 5.02 Å². The second kappa shape index (κ2) is 10.6. The number of aromatic nitrogens is 1. The molecule has 4 rings (SSSR count). The second-order valence-corrected chi connectivity index (χ2v) is 12.0. The molecule has 2 aromatic carbocycles. The Bertz CT molecular complexity index is 1300. The van der Waals surface area contributed by atoms with Gasteiger partial charge in [0.15, 0.2) is 9.84 Å². The van der Waals surface area contributed by atoms with E-state index in [-0.39, 0.29) is 23.3 Å². The van der Waals surface area contributed by atoms with Gasteiger partial charge >= 0.3 is 5.97 Å². The molecular formula is C25H30ClNO5S2. The van der Waals surface area contributed by atoms with Crippen LogP contribution >= 0.6 is 23.4 Å². The zero-order valence-electron chi connectivity index (χ0n) is 20.0. The van der Waals surface area contributed by atoms with Crippen molar-refractivity contribution in [3.63, 3.8) is 0 Å². The molecule has 0 saturated carbocycles. The van der Waals surface area contributed by atoms with Crippen molar-refractivity contribution in [2.75, 3.05) is 12.5 Å². The van der Waals surface area contributed by atoms with E-state index in [1.54, 1.807) is 17.8 Å². The first-order valence-electron chi connectivity index (χ1n) is 11.0. The lowest BCUT2D eigenvalue weighted by Crippen LogP contribution is -2.07. The molecule has 6 nitrogen and oxygen atoms in total. The summed E-state index contributed by atoms with van der Waals surface area (Å²) >= 11 is 7.38. The molecule has 0 spiro atoms. The van der Waals surface area contributed by atoms with Crippen LogP contribution in [0.15, 0.2) is 46.2 Å². The Labute approximate surface area is 210 Å². The Balaban J connectivity index is 0.000000302. The normalized spacial score (nSPS) is 15.2. The molecule has 0 radical (unpaired) electrons. The number of ether oxygens (including phenoxy) is 1. The summed E-state index contributed by atoms with van der Waals surface area (Å²) in [5.74, 6) is -0.410. The van der Waals surface area contributed by atoms with Crippen molar-refractivity contribution >= 4 is 50.1 Å². The van der Waals surface area contributed by atoms with Crippen molar-refractivity contribution in [3.8, 4) is 5.75 Å². The van der Waals surface area contributed by atoms with Gasteiger partial charge in [-0.1, -0.05) is 11.6 Å². The van der Waals surface area contributed by atoms with E-state index in [1.807, 2.05) is 57.4 Å². The van der Waals surface area contributed by atoms with Gasteiger partial charge in [-0.15, -0.1) is 11.8 Å². The Kier molecular flexibility index (Phi) is 8.26. The molecule has 1 aliphatic rings. The standard InChI is InChI=1S/C18H23NO5S.C7H7ClS/c1-10(2)24-13-8-14-17(15(9-13)25(4,22)23)11(3)18-12(7-16(20)21)5-6-19(14)18;1-9-7-4-2-6(8)3-5-7/h8-10,12H,5-7H2,1-4H3,(H,20,21);2-5H,1H3. The van der Waals surface area contributed by atoms with Crippen LogP contribution in [0.5, 0.6) is 5.75 Å². The van der Waals surface area contributed by atoms with Gasteiger partial charge in [-0.2, -0.15) is 0 Å². The molecular weight excluding hydrogens is 494 g/mol. The minimum absolute atomic E-state index is 0.0563. The fourth-order valence-corrected chi connectivity index (χ4v) is 5.92. The van der Waals surface area contributed by atoms with Crippen LogP contribution in [0.4, 0.5) is 0 Å². The number of sulfone groups is 1. The molecule has 9 heteroatoms. The first kappa shape index (κ1) is 26.4. The predicted molar refractivity (Wildman–Crippen MR) is 138 cm³/mol. The van der Waals surface area contributed by atoms with Crippen molar-refractivity contribution in [1.82, 2.24) is 4.57 Å². The van der Waals surface area contributed by atoms with Gasteiger partial charge in [0.25, 0.3) is 0 Å². The number of rotatable bonds is 6. The Morgan fingerprint density at radius 1 is 1.26 bits per heavy atom. The molecule has 184 valence electrons. The van der Waals surface area contributed by atoms with E-state index < -0.39 is 15.8 Å². The highest BCUT2D eigenvalue weighted by molar-refractivity contribution is 7.98. The fourth-order valence-electron chi connectivity index (χ4n) is 4.43. The second-order valence-electron chi connectivity index (χ2n) is 8.66. The van der Waals surface area contributed by atoms with E-state index in [9.17, 15) is 13.2 Å². The molecule has 1 aliphatic heterocycles. The maximum Gasteiger partial charge on any atom is 0.304 e. The zero-order chi connectivity index (χ0) is 25.2. The SMILES string of the molecule is CSc1ccc(Cl)cc1.Cc1c2n(c3cc(OC(C)C)cc(S(C)(=O)=O)c13)CCC2CC(=O)O. The number of hydrogen-bond acceptors (Lipinski definition) is 5. The first-order valence-corrected chi connectivity index (χ1v) is 14.5. The highest BCUT2D eigenvalue weighted by Crippen LogP contribution is 2.43. The molecule has 3 aromatic rings. The summed E-state index contributed by atoms with van der Waals surface area (Å²) in [6.45, 7) is 6.35. The Morgan fingerprint density at radius 3 is 2.44 bits per heavy atom. The van der Waals surface area contributed by atoms with Gasteiger partial charge in [0.1, 0.15) is 5.75 Å². The maximum absolute atomic E-state index is 12.4. The average molecular weight is 524 g/mol. The van der Waals surface area contributed by atoms with Crippen LogP contribution < -0.4 is 4.74 Å². The van der Waals surface area contributed by atoms with Crippen molar-refractivity contribution < 1.29 is 23.1 Å². The third-order valence-electron chi connectivity index (χ3n) is 5.73. The smallest absolute Gasteiger partial charge is 0.304 e. The lowest BCUT2D eigenvalue weighted by molar-refractivity contribution is -0.137. The summed E-state index contributed by atoms with van der Waals surface area (Å²) < 4.78 is 32.5. The number of halogens is 1. The molecule has 1 N–H and O–H groups in total. The number of benzene rings is 2. The molecule has 1 atom stereocenters. The van der Waals surface area contributed by atoms with Gasteiger partial charge in [-0.3, -0.25) is 4.79 Å². The largest absolute Gasteiger partial charge is 0.491 e. The number of carboxylic acids is 1. The Morgan fingerprint density at radius 2 is 1.91 bits per heavy atom. The van der Waals surface area contributed by atoms with E-state index in [2.05, 4.69) is 4.57 Å². The Hall–Kier alpha value is -2.16.